The molecule has 1 heterocycles. The Bertz CT molecular complexity index is 745. The van der Waals surface area contributed by atoms with E-state index in [-0.39, 0.29) is 17.9 Å². The van der Waals surface area contributed by atoms with Gasteiger partial charge in [-0.3, -0.25) is 9.59 Å². The molecule has 0 spiro atoms. The van der Waals surface area contributed by atoms with Crippen LogP contribution in [0.1, 0.15) is 12.0 Å². The van der Waals surface area contributed by atoms with Crippen LogP contribution in [-0.2, 0) is 11.3 Å². The van der Waals surface area contributed by atoms with E-state index in [0.717, 1.165) is 4.47 Å². The van der Waals surface area contributed by atoms with Gasteiger partial charge in [-0.05, 0) is 46.3 Å². The Morgan fingerprint density at radius 3 is 2.62 bits per heavy atom. The average molecular weight is 346 g/mol. The minimum Gasteiger partial charge on any atom is -0.326 e. The van der Waals surface area contributed by atoms with Gasteiger partial charge in [0.1, 0.15) is 0 Å². The second kappa shape index (κ2) is 6.86. The summed E-state index contributed by atoms with van der Waals surface area (Å²) < 4.78 is 2.26. The zero-order chi connectivity index (χ0) is 15.2. The fourth-order valence-electron chi connectivity index (χ4n) is 1.75. The third kappa shape index (κ3) is 4.29. The Morgan fingerprint density at radius 1 is 1.24 bits per heavy atom. The first kappa shape index (κ1) is 15.0. The summed E-state index contributed by atoms with van der Waals surface area (Å²) in [7, 11) is 0. The summed E-state index contributed by atoms with van der Waals surface area (Å²) in [4.78, 5) is 23.4. The molecule has 0 aliphatic carbocycles. The van der Waals surface area contributed by atoms with Gasteiger partial charge in [0.25, 0.3) is 5.56 Å². The molecule has 21 heavy (non-hydrogen) atoms. The average Bonchev–Trinajstić information content (AvgIpc) is 2.49. The predicted octanol–water partition coefficient (Wildman–Crippen LogP) is 2.51. The lowest BCUT2D eigenvalue weighted by molar-refractivity contribution is -0.116. The zero-order valence-corrected chi connectivity index (χ0v) is 12.6. The second-order valence-corrected chi connectivity index (χ2v) is 5.28. The van der Waals surface area contributed by atoms with Gasteiger partial charge in [-0.2, -0.15) is 5.26 Å². The van der Waals surface area contributed by atoms with E-state index in [9.17, 15) is 9.59 Å². The van der Waals surface area contributed by atoms with Crippen LogP contribution in [0.15, 0.2) is 51.9 Å². The number of anilines is 1. The Kier molecular flexibility index (Phi) is 4.90. The van der Waals surface area contributed by atoms with Crippen LogP contribution in [0.25, 0.3) is 0 Å². The summed E-state index contributed by atoms with van der Waals surface area (Å²) >= 11 is 3.28. The lowest BCUT2D eigenvalue weighted by Gasteiger charge is -2.07. The van der Waals surface area contributed by atoms with Crippen LogP contribution in [0, 0.1) is 11.3 Å². The summed E-state index contributed by atoms with van der Waals surface area (Å²) in [5.74, 6) is -0.188. The van der Waals surface area contributed by atoms with Gasteiger partial charge in [-0.25, -0.2) is 0 Å². The van der Waals surface area contributed by atoms with Crippen molar-refractivity contribution in [1.82, 2.24) is 4.57 Å². The van der Waals surface area contributed by atoms with Crippen LogP contribution in [0.2, 0.25) is 0 Å². The molecule has 0 fully saturated rings. The molecule has 1 aromatic carbocycles. The predicted molar refractivity (Wildman–Crippen MR) is 82.8 cm³/mol. The van der Waals surface area contributed by atoms with E-state index < -0.39 is 0 Å². The van der Waals surface area contributed by atoms with E-state index >= 15 is 0 Å². The topological polar surface area (TPSA) is 74.9 Å². The third-order valence-electron chi connectivity index (χ3n) is 2.82. The van der Waals surface area contributed by atoms with Gasteiger partial charge in [0.05, 0.1) is 11.6 Å². The van der Waals surface area contributed by atoms with Gasteiger partial charge >= 0.3 is 0 Å². The van der Waals surface area contributed by atoms with E-state index in [1.807, 2.05) is 6.07 Å². The summed E-state index contributed by atoms with van der Waals surface area (Å²) in [6.07, 6.45) is 1.84. The molecule has 0 saturated heterocycles. The van der Waals surface area contributed by atoms with E-state index in [1.54, 1.807) is 36.5 Å². The summed E-state index contributed by atoms with van der Waals surface area (Å²) in [6.45, 7) is 0.306. The van der Waals surface area contributed by atoms with E-state index in [1.165, 1.54) is 10.6 Å². The van der Waals surface area contributed by atoms with Crippen LogP contribution < -0.4 is 10.9 Å². The van der Waals surface area contributed by atoms with Crippen molar-refractivity contribution >= 4 is 27.5 Å². The number of hydrogen-bond acceptors (Lipinski definition) is 3. The summed E-state index contributed by atoms with van der Waals surface area (Å²) in [5, 5.41) is 11.4. The number of nitriles is 1. The van der Waals surface area contributed by atoms with Gasteiger partial charge in [0.2, 0.25) is 5.91 Å². The molecule has 0 bridgehead atoms. The highest BCUT2D eigenvalue weighted by Gasteiger charge is 2.04. The highest BCUT2D eigenvalue weighted by molar-refractivity contribution is 9.10. The van der Waals surface area contributed by atoms with Gasteiger partial charge < -0.3 is 9.88 Å². The van der Waals surface area contributed by atoms with E-state index in [4.69, 9.17) is 5.26 Å². The number of nitrogens with one attached hydrogen (secondary N) is 1. The molecule has 0 atom stereocenters. The minimum absolute atomic E-state index is 0.149. The number of aromatic nitrogens is 1. The van der Waals surface area contributed by atoms with Gasteiger partial charge in [-0.15, -0.1) is 0 Å². The van der Waals surface area contributed by atoms with Crippen molar-refractivity contribution in [2.45, 2.75) is 13.0 Å². The molecule has 1 aromatic heterocycles. The first-order valence-corrected chi connectivity index (χ1v) is 7.04. The molecule has 0 aliphatic rings. The van der Waals surface area contributed by atoms with Gasteiger partial charge in [-0.1, -0.05) is 0 Å². The number of carbonyl (C=O) groups is 1. The number of amides is 1. The van der Waals surface area contributed by atoms with Crippen molar-refractivity contribution in [3.63, 3.8) is 0 Å². The number of carbonyl (C=O) groups excluding carboxylic acids is 1. The number of pyridine rings is 1. The molecule has 0 aliphatic heterocycles. The number of aryl methyl sites for hydroxylation is 1. The van der Waals surface area contributed by atoms with Crippen molar-refractivity contribution in [2.75, 3.05) is 5.32 Å². The lowest BCUT2D eigenvalue weighted by Crippen LogP contribution is -2.22. The Labute approximate surface area is 130 Å². The normalized spacial score (nSPS) is 9.90. The van der Waals surface area contributed by atoms with Crippen LogP contribution in [0.3, 0.4) is 0 Å². The van der Waals surface area contributed by atoms with Crippen molar-refractivity contribution < 1.29 is 4.79 Å². The number of benzene rings is 1. The minimum atomic E-state index is -0.188. The highest BCUT2D eigenvalue weighted by atomic mass is 79.9. The Hall–Kier alpha value is -2.39. The fraction of sp³-hybridized carbons (Fsp3) is 0.133. The maximum absolute atomic E-state index is 11.8. The lowest BCUT2D eigenvalue weighted by atomic mass is 10.2. The van der Waals surface area contributed by atoms with Crippen molar-refractivity contribution in [1.29, 1.82) is 5.26 Å². The molecule has 0 unspecified atom stereocenters. The monoisotopic (exact) mass is 345 g/mol. The molecule has 1 amide bonds. The van der Waals surface area contributed by atoms with Crippen LogP contribution >= 0.6 is 15.9 Å². The Morgan fingerprint density at radius 2 is 1.95 bits per heavy atom. The molecule has 5 nitrogen and oxygen atoms in total. The first-order chi connectivity index (χ1) is 10.1. The number of nitrogens with zero attached hydrogens (tertiary/aromatic N) is 2. The molecule has 2 aromatic rings. The Balaban J connectivity index is 1.94. The van der Waals surface area contributed by atoms with Crippen LogP contribution in [0.4, 0.5) is 5.69 Å². The summed E-state index contributed by atoms with van der Waals surface area (Å²) in [5.41, 5.74) is 1.01. The van der Waals surface area contributed by atoms with Crippen molar-refractivity contribution in [3.8, 4) is 6.07 Å². The second-order valence-electron chi connectivity index (χ2n) is 4.37. The zero-order valence-electron chi connectivity index (χ0n) is 11.0. The van der Waals surface area contributed by atoms with Crippen LogP contribution in [-0.4, -0.2) is 10.5 Å². The smallest absolute Gasteiger partial charge is 0.250 e. The summed E-state index contributed by atoms with van der Waals surface area (Å²) in [6, 6.07) is 11.7. The molecule has 106 valence electrons. The maximum atomic E-state index is 11.8. The van der Waals surface area contributed by atoms with Gasteiger partial charge in [0, 0.05) is 35.4 Å². The van der Waals surface area contributed by atoms with Crippen molar-refractivity contribution in [2.24, 2.45) is 0 Å². The quantitative estimate of drug-likeness (QED) is 0.924. The maximum Gasteiger partial charge on any atom is 0.250 e. The van der Waals surface area contributed by atoms with Crippen molar-refractivity contribution in [3.05, 3.63) is 63.0 Å². The first-order valence-electron chi connectivity index (χ1n) is 6.24. The molecule has 0 radical (unpaired) electrons. The van der Waals surface area contributed by atoms with E-state index in [2.05, 4.69) is 21.2 Å². The molecule has 2 rings (SSSR count). The SMILES string of the molecule is N#Cc1ccc(NC(=O)CCn2cc(Br)ccc2=O)cc1. The largest absolute Gasteiger partial charge is 0.326 e. The van der Waals surface area contributed by atoms with E-state index in [0.29, 0.717) is 17.8 Å². The molecular formula is C15H12BrN3O2. The number of halogens is 1. The standard InChI is InChI=1S/C15H12BrN3O2/c16-12-3-6-15(21)19(10-12)8-7-14(20)18-13-4-1-11(9-17)2-5-13/h1-6,10H,7-8H2,(H,18,20). The third-order valence-corrected chi connectivity index (χ3v) is 3.29. The fourth-order valence-corrected chi connectivity index (χ4v) is 2.13. The highest BCUT2D eigenvalue weighted by Crippen LogP contribution is 2.09. The number of rotatable bonds is 4. The van der Waals surface area contributed by atoms with Gasteiger partial charge in [0.15, 0.2) is 0 Å². The van der Waals surface area contributed by atoms with Crippen LogP contribution in [0.5, 0.6) is 0 Å². The molecule has 6 heteroatoms. The molecule has 0 saturated carbocycles. The molecular weight excluding hydrogens is 334 g/mol. The number of hydrogen-bond donors (Lipinski definition) is 1. The molecule has 1 N–H and O–H groups in total.